The molecule has 1 N–H and O–H groups in total. The number of Topliss-reactive ketones (excluding diaryl/α,β-unsaturated/α-hetero) is 1. The number of amides is 1. The van der Waals surface area contributed by atoms with Crippen LogP contribution in [0.15, 0.2) is 54.6 Å². The van der Waals surface area contributed by atoms with Crippen LogP contribution in [0.2, 0.25) is 0 Å². The topological polar surface area (TPSA) is 81.7 Å². The number of benzene rings is 2. The number of ether oxygens (including phenoxy) is 2. The third kappa shape index (κ3) is 9.03. The molecule has 1 amide bonds. The fourth-order valence-corrected chi connectivity index (χ4v) is 2.96. The number of carbonyl (C=O) groups excluding carboxylic acids is 3. The fourth-order valence-electron chi connectivity index (χ4n) is 2.96. The van der Waals surface area contributed by atoms with Crippen molar-refractivity contribution < 1.29 is 23.9 Å². The van der Waals surface area contributed by atoms with E-state index in [9.17, 15) is 14.4 Å². The number of ketones is 1. The Kier molecular flexibility index (Phi) is 9.75. The summed E-state index contributed by atoms with van der Waals surface area (Å²) in [5.74, 6) is -0.0977. The Labute approximate surface area is 183 Å². The van der Waals surface area contributed by atoms with Crippen LogP contribution in [-0.4, -0.2) is 36.4 Å². The van der Waals surface area contributed by atoms with Crippen molar-refractivity contribution in [2.75, 3.05) is 6.61 Å². The van der Waals surface area contributed by atoms with Gasteiger partial charge in [-0.1, -0.05) is 30.3 Å². The summed E-state index contributed by atoms with van der Waals surface area (Å²) in [6, 6.07) is 16.9. The molecule has 0 saturated heterocycles. The van der Waals surface area contributed by atoms with Gasteiger partial charge in [0.2, 0.25) is 0 Å². The van der Waals surface area contributed by atoms with E-state index in [1.165, 1.54) is 12.5 Å². The van der Waals surface area contributed by atoms with Gasteiger partial charge < -0.3 is 14.8 Å². The Morgan fingerprint density at radius 3 is 2.29 bits per heavy atom. The molecular formula is C25H31NO5. The molecule has 0 spiro atoms. The smallest absolute Gasteiger partial charge is 0.306 e. The van der Waals surface area contributed by atoms with Crippen molar-refractivity contribution in [2.24, 2.45) is 0 Å². The lowest BCUT2D eigenvalue weighted by molar-refractivity contribution is -0.155. The van der Waals surface area contributed by atoms with Gasteiger partial charge in [-0.25, -0.2) is 0 Å². The van der Waals surface area contributed by atoms with Crippen LogP contribution in [0.25, 0.3) is 0 Å². The number of esters is 1. The van der Waals surface area contributed by atoms with Crippen LogP contribution in [0.4, 0.5) is 0 Å². The average molecular weight is 426 g/mol. The Bertz CT molecular complexity index is 848. The molecule has 2 aromatic carbocycles. The van der Waals surface area contributed by atoms with Gasteiger partial charge in [-0.15, -0.1) is 0 Å². The number of nitrogens with one attached hydrogen (secondary N) is 1. The normalized spacial score (nSPS) is 12.5. The molecule has 0 unspecified atom stereocenters. The molecule has 0 aliphatic heterocycles. The summed E-state index contributed by atoms with van der Waals surface area (Å²) < 4.78 is 10.8. The molecule has 0 bridgehead atoms. The molecule has 6 nitrogen and oxygen atoms in total. The highest BCUT2D eigenvalue weighted by atomic mass is 16.5. The number of carbonyl (C=O) groups is 3. The minimum atomic E-state index is -0.841. The SMILES string of the molecule is CC(=O)c1ccc(OCCCC(=O)O[C@@H](C)C(=O)N[C@H](C)CCc2ccccc2)cc1. The standard InChI is InChI=1S/C25H31NO5/c1-18(11-12-21-8-5-4-6-9-21)26-25(29)20(3)31-24(28)10-7-17-30-23-15-13-22(14-16-23)19(2)27/h4-6,8-9,13-16,18,20H,7,10-12,17H2,1-3H3,(H,26,29)/t18-,20+/m1/s1. The highest BCUT2D eigenvalue weighted by molar-refractivity contribution is 5.94. The van der Waals surface area contributed by atoms with Crippen LogP contribution in [0.5, 0.6) is 5.75 Å². The van der Waals surface area contributed by atoms with Gasteiger partial charge in [0.25, 0.3) is 5.91 Å². The van der Waals surface area contributed by atoms with Crippen LogP contribution < -0.4 is 10.1 Å². The van der Waals surface area contributed by atoms with E-state index in [-0.39, 0.29) is 24.2 Å². The van der Waals surface area contributed by atoms with Crippen molar-refractivity contribution in [3.05, 3.63) is 65.7 Å². The van der Waals surface area contributed by atoms with E-state index in [1.807, 2.05) is 25.1 Å². The third-order valence-electron chi connectivity index (χ3n) is 4.83. The maximum absolute atomic E-state index is 12.3. The molecule has 0 fully saturated rings. The fraction of sp³-hybridized carbons (Fsp3) is 0.400. The van der Waals surface area contributed by atoms with Crippen LogP contribution in [-0.2, 0) is 20.7 Å². The van der Waals surface area contributed by atoms with Gasteiger partial charge in [0.1, 0.15) is 5.75 Å². The molecule has 6 heteroatoms. The maximum atomic E-state index is 12.3. The van der Waals surface area contributed by atoms with Crippen molar-refractivity contribution >= 4 is 17.7 Å². The summed E-state index contributed by atoms with van der Waals surface area (Å²) in [5.41, 5.74) is 1.85. The van der Waals surface area contributed by atoms with Crippen LogP contribution >= 0.6 is 0 Å². The van der Waals surface area contributed by atoms with Crippen molar-refractivity contribution in [1.82, 2.24) is 5.32 Å². The molecule has 2 aromatic rings. The van der Waals surface area contributed by atoms with E-state index in [4.69, 9.17) is 9.47 Å². The van der Waals surface area contributed by atoms with Gasteiger partial charge in [0.05, 0.1) is 6.61 Å². The van der Waals surface area contributed by atoms with E-state index >= 15 is 0 Å². The summed E-state index contributed by atoms with van der Waals surface area (Å²) >= 11 is 0. The molecule has 0 saturated carbocycles. The Balaban J connectivity index is 1.61. The van der Waals surface area contributed by atoms with E-state index in [0.29, 0.717) is 24.3 Å². The quantitative estimate of drug-likeness (QED) is 0.314. The largest absolute Gasteiger partial charge is 0.494 e. The zero-order valence-corrected chi connectivity index (χ0v) is 18.4. The lowest BCUT2D eigenvalue weighted by atomic mass is 10.1. The predicted octanol–water partition coefficient (Wildman–Crippen LogP) is 4.12. The van der Waals surface area contributed by atoms with Gasteiger partial charge in [-0.2, -0.15) is 0 Å². The van der Waals surface area contributed by atoms with Gasteiger partial charge in [0, 0.05) is 18.0 Å². The summed E-state index contributed by atoms with van der Waals surface area (Å²) in [5, 5.41) is 2.89. The van der Waals surface area contributed by atoms with Gasteiger partial charge >= 0.3 is 5.97 Å². The molecule has 0 aliphatic carbocycles. The lowest BCUT2D eigenvalue weighted by Gasteiger charge is -2.18. The minimum Gasteiger partial charge on any atom is -0.494 e. The first-order chi connectivity index (χ1) is 14.8. The van der Waals surface area contributed by atoms with Crippen molar-refractivity contribution in [1.29, 1.82) is 0 Å². The van der Waals surface area contributed by atoms with Gasteiger partial charge in [-0.3, -0.25) is 14.4 Å². The Morgan fingerprint density at radius 1 is 0.968 bits per heavy atom. The average Bonchev–Trinajstić information content (AvgIpc) is 2.76. The molecule has 31 heavy (non-hydrogen) atoms. The van der Waals surface area contributed by atoms with E-state index in [2.05, 4.69) is 17.4 Å². The van der Waals surface area contributed by atoms with Gasteiger partial charge in [0.15, 0.2) is 11.9 Å². The molecule has 2 atom stereocenters. The zero-order chi connectivity index (χ0) is 22.6. The Hall–Kier alpha value is -3.15. The van der Waals surface area contributed by atoms with E-state index in [0.717, 1.165) is 12.8 Å². The zero-order valence-electron chi connectivity index (χ0n) is 18.4. The first kappa shape index (κ1) is 24.1. The second-order valence-electron chi connectivity index (χ2n) is 7.60. The van der Waals surface area contributed by atoms with E-state index in [1.54, 1.807) is 31.2 Å². The van der Waals surface area contributed by atoms with Crippen molar-refractivity contribution in [3.8, 4) is 5.75 Å². The summed E-state index contributed by atoms with van der Waals surface area (Å²) in [7, 11) is 0. The lowest BCUT2D eigenvalue weighted by Crippen LogP contribution is -2.41. The summed E-state index contributed by atoms with van der Waals surface area (Å²) in [6.45, 7) is 5.36. The molecule has 0 aromatic heterocycles. The second kappa shape index (κ2) is 12.5. The Morgan fingerprint density at radius 2 is 1.65 bits per heavy atom. The molecular weight excluding hydrogens is 394 g/mol. The first-order valence-corrected chi connectivity index (χ1v) is 10.6. The minimum absolute atomic E-state index is 0.00181. The highest BCUT2D eigenvalue weighted by Gasteiger charge is 2.19. The second-order valence-corrected chi connectivity index (χ2v) is 7.60. The number of rotatable bonds is 12. The highest BCUT2D eigenvalue weighted by Crippen LogP contribution is 2.13. The number of aryl methyl sites for hydroxylation is 1. The molecule has 0 radical (unpaired) electrons. The van der Waals surface area contributed by atoms with Crippen molar-refractivity contribution in [3.63, 3.8) is 0 Å². The predicted molar refractivity (Wildman–Crippen MR) is 119 cm³/mol. The van der Waals surface area contributed by atoms with Crippen molar-refractivity contribution in [2.45, 2.75) is 58.6 Å². The number of hydrogen-bond acceptors (Lipinski definition) is 5. The maximum Gasteiger partial charge on any atom is 0.306 e. The number of hydrogen-bond donors (Lipinski definition) is 1. The summed E-state index contributed by atoms with van der Waals surface area (Å²) in [6.07, 6.45) is 1.46. The van der Waals surface area contributed by atoms with Crippen LogP contribution in [0.1, 0.15) is 56.0 Å². The first-order valence-electron chi connectivity index (χ1n) is 10.6. The molecule has 166 valence electrons. The molecule has 0 heterocycles. The van der Waals surface area contributed by atoms with E-state index < -0.39 is 12.1 Å². The van der Waals surface area contributed by atoms with Crippen LogP contribution in [0.3, 0.4) is 0 Å². The summed E-state index contributed by atoms with van der Waals surface area (Å²) in [4.78, 5) is 35.5. The van der Waals surface area contributed by atoms with Gasteiger partial charge in [-0.05, 0) is 69.9 Å². The molecule has 0 aliphatic rings. The monoisotopic (exact) mass is 425 g/mol. The molecule has 2 rings (SSSR count). The third-order valence-corrected chi connectivity index (χ3v) is 4.83. The van der Waals surface area contributed by atoms with Crippen LogP contribution in [0, 0.1) is 0 Å².